The topological polar surface area (TPSA) is 94.1 Å². The van der Waals surface area contributed by atoms with Gasteiger partial charge in [-0.2, -0.15) is 10.1 Å². The minimum absolute atomic E-state index is 0.130. The van der Waals surface area contributed by atoms with Crippen LogP contribution in [0, 0.1) is 0 Å². The van der Waals surface area contributed by atoms with E-state index in [0.29, 0.717) is 29.4 Å². The number of halogens is 3. The molecule has 0 fully saturated rings. The van der Waals surface area contributed by atoms with Gasteiger partial charge in [0, 0.05) is 34.6 Å². The third-order valence-corrected chi connectivity index (χ3v) is 5.62. The zero-order chi connectivity index (χ0) is 23.9. The average molecular weight is 488 g/mol. The number of fused-ring (bicyclic) bond motifs is 3. The number of ether oxygens (including phenoxy) is 2. The van der Waals surface area contributed by atoms with Crippen LogP contribution in [0.5, 0.6) is 11.8 Å². The second-order valence-corrected chi connectivity index (χ2v) is 8.35. The highest BCUT2D eigenvalue weighted by Crippen LogP contribution is 2.39. The largest absolute Gasteiger partial charge is 0.487 e. The molecule has 0 spiro atoms. The maximum atomic E-state index is 13.1. The maximum absolute atomic E-state index is 13.1. The van der Waals surface area contributed by atoms with Crippen LogP contribution in [0.2, 0.25) is 0 Å². The third kappa shape index (κ3) is 4.28. The number of benzene rings is 2. The molecule has 1 aliphatic rings. The summed E-state index contributed by atoms with van der Waals surface area (Å²) < 4.78 is 37.8. The van der Waals surface area contributed by atoms with Crippen LogP contribution in [0.4, 0.5) is 14.5 Å². The van der Waals surface area contributed by atoms with E-state index in [4.69, 9.17) is 16.3 Å². The Morgan fingerprint density at radius 2 is 2.12 bits per heavy atom. The molecule has 0 saturated carbocycles. The molecule has 34 heavy (non-hydrogen) atoms. The summed E-state index contributed by atoms with van der Waals surface area (Å²) in [5.74, 6) is -0.520. The van der Waals surface area contributed by atoms with Gasteiger partial charge >= 0.3 is 5.57 Å². The van der Waals surface area contributed by atoms with E-state index >= 15 is 0 Å². The Balaban J connectivity index is 1.49. The first-order chi connectivity index (χ1) is 16.3. The summed E-state index contributed by atoms with van der Waals surface area (Å²) >= 11 is 4.78. The lowest BCUT2D eigenvalue weighted by Gasteiger charge is -2.14. The number of alkyl halides is 3. The number of aromatic nitrogens is 4. The third-order valence-electron chi connectivity index (χ3n) is 5.54. The normalized spacial score (nSPS) is 15.2. The van der Waals surface area contributed by atoms with Crippen molar-refractivity contribution >= 4 is 34.2 Å². The molecule has 0 saturated heterocycles. The zero-order valence-electron chi connectivity index (χ0n) is 18.0. The SMILES string of the molecule is CCC[C@H]1COc2nc3cc(C(=O)Nc4ccc(OC(F)(F)Cl)cc4)cc(-c4ccn[nH]4)c3n21. The Hall–Kier alpha value is -3.66. The number of carbonyl (C=O) groups is 1. The predicted octanol–water partition coefficient (Wildman–Crippen LogP) is 5.58. The van der Waals surface area contributed by atoms with Gasteiger partial charge in [-0.05, 0) is 48.9 Å². The molecule has 1 amide bonds. The number of imidazole rings is 1. The number of carbonyl (C=O) groups excluding carboxylic acids is 1. The molecule has 2 aromatic carbocycles. The Kier molecular flexibility index (Phi) is 5.60. The molecule has 11 heteroatoms. The van der Waals surface area contributed by atoms with Crippen molar-refractivity contribution in [2.75, 3.05) is 11.9 Å². The van der Waals surface area contributed by atoms with Crippen molar-refractivity contribution in [3.05, 3.63) is 54.2 Å². The number of nitrogens with one attached hydrogen (secondary N) is 2. The summed E-state index contributed by atoms with van der Waals surface area (Å²) in [6.45, 7) is 2.68. The summed E-state index contributed by atoms with van der Waals surface area (Å²) in [6.07, 6.45) is 3.58. The van der Waals surface area contributed by atoms with E-state index in [1.807, 2.05) is 6.07 Å². The van der Waals surface area contributed by atoms with Crippen LogP contribution < -0.4 is 14.8 Å². The number of aromatic amines is 1. The second-order valence-electron chi connectivity index (χ2n) is 7.91. The highest BCUT2D eigenvalue weighted by molar-refractivity contribution is 6.20. The quantitative estimate of drug-likeness (QED) is 0.332. The predicted molar refractivity (Wildman–Crippen MR) is 123 cm³/mol. The lowest BCUT2D eigenvalue weighted by molar-refractivity contribution is -0.0964. The number of nitrogens with zero attached hydrogens (tertiary/aromatic N) is 3. The first kappa shape index (κ1) is 22.1. The summed E-state index contributed by atoms with van der Waals surface area (Å²) in [5.41, 5.74) is -0.0258. The van der Waals surface area contributed by atoms with Gasteiger partial charge in [0.2, 0.25) is 0 Å². The fraction of sp³-hybridized carbons (Fsp3) is 0.261. The molecule has 2 N–H and O–H groups in total. The van der Waals surface area contributed by atoms with Gasteiger partial charge in [0.25, 0.3) is 11.9 Å². The monoisotopic (exact) mass is 487 g/mol. The molecule has 4 aromatic rings. The van der Waals surface area contributed by atoms with Crippen LogP contribution in [0.25, 0.3) is 22.3 Å². The van der Waals surface area contributed by atoms with Gasteiger partial charge in [-0.15, -0.1) is 8.78 Å². The average Bonchev–Trinajstić information content (AvgIpc) is 3.51. The molecular weight excluding hydrogens is 468 g/mol. The van der Waals surface area contributed by atoms with Gasteiger partial charge in [-0.1, -0.05) is 13.3 Å². The van der Waals surface area contributed by atoms with Crippen molar-refractivity contribution in [2.24, 2.45) is 0 Å². The summed E-state index contributed by atoms with van der Waals surface area (Å²) in [6, 6.07) is 11.4. The van der Waals surface area contributed by atoms with E-state index in [2.05, 4.69) is 36.7 Å². The molecule has 5 rings (SSSR count). The Morgan fingerprint density at radius 1 is 1.32 bits per heavy atom. The first-order valence-corrected chi connectivity index (χ1v) is 11.1. The molecule has 0 bridgehead atoms. The lowest BCUT2D eigenvalue weighted by Crippen LogP contribution is -2.16. The second kappa shape index (κ2) is 8.60. The zero-order valence-corrected chi connectivity index (χ0v) is 18.8. The van der Waals surface area contributed by atoms with E-state index in [1.54, 1.807) is 18.3 Å². The van der Waals surface area contributed by atoms with Gasteiger partial charge in [0.15, 0.2) is 0 Å². The van der Waals surface area contributed by atoms with Crippen LogP contribution in [0.3, 0.4) is 0 Å². The van der Waals surface area contributed by atoms with E-state index in [1.165, 1.54) is 24.3 Å². The molecule has 0 unspecified atom stereocenters. The molecule has 2 aromatic heterocycles. The van der Waals surface area contributed by atoms with Crippen molar-refractivity contribution in [3.8, 4) is 23.0 Å². The summed E-state index contributed by atoms with van der Waals surface area (Å²) in [4.78, 5) is 17.7. The molecule has 3 heterocycles. The molecule has 1 aliphatic heterocycles. The Bertz CT molecular complexity index is 1330. The van der Waals surface area contributed by atoms with E-state index in [-0.39, 0.29) is 11.8 Å². The standard InChI is InChI=1S/C23H20ClF2N5O3/c1-2-3-15-12-33-22-29-19-11-13(10-17(20(19)31(15)22)18-8-9-27-30-18)21(32)28-14-4-6-16(7-5-14)34-23(24,25)26/h4-11,15H,2-3,12H2,1H3,(H,27,30)(H,28,32)/t15-/m0/s1. The number of amides is 1. The molecular formula is C23H20ClF2N5O3. The minimum Gasteiger partial charge on any atom is -0.462 e. The smallest absolute Gasteiger partial charge is 0.462 e. The maximum Gasteiger partial charge on any atom is 0.487 e. The number of anilines is 1. The van der Waals surface area contributed by atoms with E-state index in [0.717, 1.165) is 29.6 Å². The first-order valence-electron chi connectivity index (χ1n) is 10.7. The fourth-order valence-corrected chi connectivity index (χ4v) is 4.22. The van der Waals surface area contributed by atoms with E-state index in [9.17, 15) is 13.6 Å². The minimum atomic E-state index is -3.81. The van der Waals surface area contributed by atoms with Crippen molar-refractivity contribution in [3.63, 3.8) is 0 Å². The number of rotatable bonds is 7. The van der Waals surface area contributed by atoms with Gasteiger partial charge in [-0.3, -0.25) is 14.5 Å². The van der Waals surface area contributed by atoms with Gasteiger partial charge in [0.05, 0.1) is 22.8 Å². The number of hydrogen-bond acceptors (Lipinski definition) is 5. The molecule has 8 nitrogen and oxygen atoms in total. The van der Waals surface area contributed by atoms with Crippen LogP contribution in [-0.2, 0) is 0 Å². The van der Waals surface area contributed by atoms with Crippen LogP contribution >= 0.6 is 11.6 Å². The summed E-state index contributed by atoms with van der Waals surface area (Å²) in [7, 11) is 0. The molecule has 0 radical (unpaired) electrons. The van der Waals surface area contributed by atoms with Gasteiger partial charge in [0.1, 0.15) is 12.4 Å². The highest BCUT2D eigenvalue weighted by atomic mass is 35.5. The summed E-state index contributed by atoms with van der Waals surface area (Å²) in [5, 5.41) is 9.78. The van der Waals surface area contributed by atoms with Crippen LogP contribution in [0.1, 0.15) is 36.2 Å². The van der Waals surface area contributed by atoms with Crippen molar-refractivity contribution in [1.29, 1.82) is 0 Å². The Morgan fingerprint density at radius 3 is 2.79 bits per heavy atom. The molecule has 176 valence electrons. The molecule has 0 aliphatic carbocycles. The fourth-order valence-electron chi connectivity index (χ4n) is 4.13. The van der Waals surface area contributed by atoms with Gasteiger partial charge in [-0.25, -0.2) is 0 Å². The van der Waals surface area contributed by atoms with Gasteiger partial charge < -0.3 is 14.8 Å². The molecule has 1 atom stereocenters. The van der Waals surface area contributed by atoms with E-state index < -0.39 is 11.5 Å². The van der Waals surface area contributed by atoms with Crippen LogP contribution in [-0.4, -0.2) is 37.8 Å². The number of hydrogen-bond donors (Lipinski definition) is 2. The number of H-pyrrole nitrogens is 1. The lowest BCUT2D eigenvalue weighted by atomic mass is 10.0. The van der Waals surface area contributed by atoms with Crippen molar-refractivity contribution in [1.82, 2.24) is 19.7 Å². The highest BCUT2D eigenvalue weighted by Gasteiger charge is 2.30. The van der Waals surface area contributed by atoms with Crippen LogP contribution in [0.15, 0.2) is 48.7 Å². The van der Waals surface area contributed by atoms with Crippen molar-refractivity contribution < 1.29 is 23.0 Å². The Labute approximate surface area is 197 Å². The van der Waals surface area contributed by atoms with Crippen molar-refractivity contribution in [2.45, 2.75) is 31.4 Å².